The summed E-state index contributed by atoms with van der Waals surface area (Å²) in [6, 6.07) is 7.71. The van der Waals surface area contributed by atoms with Crippen LogP contribution in [0.25, 0.3) is 11.0 Å². The molecule has 0 bridgehead atoms. The summed E-state index contributed by atoms with van der Waals surface area (Å²) in [6.07, 6.45) is -2.69. The van der Waals surface area contributed by atoms with Crippen molar-refractivity contribution in [1.82, 2.24) is 9.55 Å². The molecule has 3 atom stereocenters. The molecule has 1 aromatic heterocycles. The molecule has 4 rings (SSSR count). The molecule has 0 amide bonds. The number of nitrogens with two attached hydrogens (primary N) is 1. The van der Waals surface area contributed by atoms with Gasteiger partial charge < -0.3 is 25.1 Å². The number of imidazole rings is 1. The van der Waals surface area contributed by atoms with Crippen LogP contribution in [0.4, 0.5) is 29.2 Å². The number of benzene rings is 2. The van der Waals surface area contributed by atoms with Gasteiger partial charge in [0.2, 0.25) is 5.95 Å². The van der Waals surface area contributed by atoms with Crippen molar-refractivity contribution in [2.45, 2.75) is 71.3 Å². The van der Waals surface area contributed by atoms with E-state index in [0.29, 0.717) is 28.6 Å². The maximum Gasteiger partial charge on any atom is 0.573 e. The van der Waals surface area contributed by atoms with Crippen molar-refractivity contribution in [2.24, 2.45) is 17.1 Å². The lowest BCUT2D eigenvalue weighted by Gasteiger charge is -2.40. The molecule has 1 fully saturated rings. The zero-order valence-corrected chi connectivity index (χ0v) is 23.6. The molecule has 1 aliphatic rings. The van der Waals surface area contributed by atoms with Gasteiger partial charge in [-0.15, -0.1) is 13.2 Å². The van der Waals surface area contributed by atoms with E-state index in [9.17, 15) is 22.8 Å². The topological polar surface area (TPSA) is 108 Å². The number of nitrogens with one attached hydrogen (secondary N) is 1. The number of methoxy groups -OCH3 is 1. The van der Waals surface area contributed by atoms with Crippen LogP contribution in [0.2, 0.25) is 0 Å². The molecule has 1 heterocycles. The van der Waals surface area contributed by atoms with Crippen LogP contribution in [-0.2, 0) is 9.53 Å². The number of hydrogen-bond donors (Lipinski definition) is 2. The zero-order chi connectivity index (χ0) is 30.3. The Morgan fingerprint density at radius 2 is 1.83 bits per heavy atom. The number of rotatable bonds is 8. The van der Waals surface area contributed by atoms with Crippen LogP contribution in [0.3, 0.4) is 0 Å². The van der Waals surface area contributed by atoms with Crippen LogP contribution >= 0.6 is 0 Å². The molecule has 41 heavy (non-hydrogen) atoms. The monoisotopic (exact) mass is 578 g/mol. The van der Waals surface area contributed by atoms with E-state index in [2.05, 4.69) is 40.5 Å². The Kier molecular flexibility index (Phi) is 8.10. The minimum absolute atomic E-state index is 0.000693. The Morgan fingerprint density at radius 1 is 1.17 bits per heavy atom. The number of anilines is 2. The summed E-state index contributed by atoms with van der Waals surface area (Å²) in [7, 11) is 1.15. The Bertz CT molecular complexity index is 1450. The first kappa shape index (κ1) is 30.3. The molecule has 8 nitrogen and oxygen atoms in total. The summed E-state index contributed by atoms with van der Waals surface area (Å²) in [4.78, 5) is 29.7. The first-order valence-electron chi connectivity index (χ1n) is 13.2. The molecular weight excluding hydrogens is 544 g/mol. The maximum absolute atomic E-state index is 15.5. The number of fused-ring (bicyclic) bond motifs is 1. The van der Waals surface area contributed by atoms with Gasteiger partial charge in [-0.2, -0.15) is 0 Å². The number of nitrogens with zero attached hydrogens (tertiary/aromatic N) is 2. The zero-order valence-electron chi connectivity index (χ0n) is 23.6. The molecule has 0 unspecified atom stereocenters. The number of halogens is 4. The van der Waals surface area contributed by atoms with Gasteiger partial charge in [-0.25, -0.2) is 9.37 Å². The highest BCUT2D eigenvalue weighted by atomic mass is 19.4. The van der Waals surface area contributed by atoms with Gasteiger partial charge >= 0.3 is 12.3 Å². The van der Waals surface area contributed by atoms with Crippen LogP contribution in [-0.4, -0.2) is 40.3 Å². The van der Waals surface area contributed by atoms with Crippen LogP contribution in [0.5, 0.6) is 5.75 Å². The summed E-state index contributed by atoms with van der Waals surface area (Å²) < 4.78 is 63.8. The van der Waals surface area contributed by atoms with E-state index in [1.54, 1.807) is 0 Å². The minimum atomic E-state index is -4.81. The first-order valence-corrected chi connectivity index (χ1v) is 13.2. The first-order chi connectivity index (χ1) is 19.0. The lowest BCUT2D eigenvalue weighted by Crippen LogP contribution is -2.47. The standard InChI is InChI=1S/C29H34F4N4O4/c1-16-10-18(14-27(2,3)13-16)37-23-12-21(30)20(24(38)15-28(4,34)25(39)40-5)11-22(23)36-26(37)35-17-6-8-19(9-7-17)41-29(31,32)33/h6-9,11-12,16,18H,10,13-15,34H2,1-5H3,(H,35,36)/t16-,18+,28+/m0/s1. The molecule has 0 aliphatic heterocycles. The molecule has 3 N–H and O–H groups in total. The number of Topliss-reactive ketones (excluding diaryl/α,β-unsaturated/α-hetero) is 1. The van der Waals surface area contributed by atoms with Gasteiger partial charge in [-0.05, 0) is 67.9 Å². The average Bonchev–Trinajstić information content (AvgIpc) is 3.18. The minimum Gasteiger partial charge on any atom is -0.468 e. The Hall–Kier alpha value is -3.67. The molecule has 0 radical (unpaired) electrons. The third kappa shape index (κ3) is 6.98. The smallest absolute Gasteiger partial charge is 0.468 e. The fraction of sp³-hybridized carbons (Fsp3) is 0.483. The highest BCUT2D eigenvalue weighted by Gasteiger charge is 2.36. The predicted octanol–water partition coefficient (Wildman–Crippen LogP) is 6.67. The van der Waals surface area contributed by atoms with E-state index < -0.39 is 35.9 Å². The maximum atomic E-state index is 15.5. The van der Waals surface area contributed by atoms with E-state index in [1.165, 1.54) is 43.3 Å². The summed E-state index contributed by atoms with van der Waals surface area (Å²) in [5, 5.41) is 3.15. The van der Waals surface area contributed by atoms with Crippen LogP contribution < -0.4 is 15.8 Å². The SMILES string of the molecule is COC(=O)[C@](C)(N)CC(=O)c1cc2nc(Nc3ccc(OC(F)(F)F)cc3)n([C@@H]3C[C@H](C)CC(C)(C)C3)c2cc1F. The number of carbonyl (C=O) groups is 2. The van der Waals surface area contributed by atoms with Crippen molar-refractivity contribution in [1.29, 1.82) is 0 Å². The lowest BCUT2D eigenvalue weighted by atomic mass is 9.70. The Labute approximate surface area is 235 Å². The van der Waals surface area contributed by atoms with Gasteiger partial charge in [-0.1, -0.05) is 20.8 Å². The molecule has 1 aliphatic carbocycles. The van der Waals surface area contributed by atoms with Crippen molar-refractivity contribution in [2.75, 3.05) is 12.4 Å². The number of esters is 1. The van der Waals surface area contributed by atoms with Gasteiger partial charge in [-0.3, -0.25) is 9.59 Å². The third-order valence-corrected chi connectivity index (χ3v) is 7.33. The van der Waals surface area contributed by atoms with Crippen molar-refractivity contribution >= 4 is 34.4 Å². The van der Waals surface area contributed by atoms with E-state index >= 15 is 4.39 Å². The molecule has 222 valence electrons. The normalized spacial score (nSPS) is 20.3. The second-order valence-electron chi connectivity index (χ2n) is 11.9. The van der Waals surface area contributed by atoms with Crippen molar-refractivity contribution < 1.29 is 36.6 Å². The molecule has 12 heteroatoms. The number of ketones is 1. The largest absolute Gasteiger partial charge is 0.573 e. The van der Waals surface area contributed by atoms with Crippen LogP contribution in [0.15, 0.2) is 36.4 Å². The summed E-state index contributed by atoms with van der Waals surface area (Å²) in [5.74, 6) is -1.92. The van der Waals surface area contributed by atoms with Gasteiger partial charge in [0.25, 0.3) is 0 Å². The molecule has 0 saturated heterocycles. The number of ether oxygens (including phenoxy) is 2. The highest BCUT2D eigenvalue weighted by molar-refractivity contribution is 6.02. The predicted molar refractivity (Wildman–Crippen MR) is 145 cm³/mol. The third-order valence-electron chi connectivity index (χ3n) is 7.33. The fourth-order valence-electron chi connectivity index (χ4n) is 5.88. The van der Waals surface area contributed by atoms with E-state index in [4.69, 9.17) is 5.73 Å². The molecule has 2 aromatic carbocycles. The summed E-state index contributed by atoms with van der Waals surface area (Å²) >= 11 is 0. The number of aromatic nitrogens is 2. The number of alkyl halides is 3. The van der Waals surface area contributed by atoms with Gasteiger partial charge in [0.15, 0.2) is 5.78 Å². The summed E-state index contributed by atoms with van der Waals surface area (Å²) in [5.41, 5.74) is 5.27. The number of carbonyl (C=O) groups excluding carboxylic acids is 2. The van der Waals surface area contributed by atoms with E-state index in [1.807, 2.05) is 4.57 Å². The van der Waals surface area contributed by atoms with Crippen molar-refractivity contribution in [3.63, 3.8) is 0 Å². The van der Waals surface area contributed by atoms with Gasteiger partial charge in [0.1, 0.15) is 17.1 Å². The molecule has 1 saturated carbocycles. The van der Waals surface area contributed by atoms with Gasteiger partial charge in [0, 0.05) is 24.2 Å². The Morgan fingerprint density at radius 3 is 2.41 bits per heavy atom. The van der Waals surface area contributed by atoms with E-state index in [0.717, 1.165) is 26.4 Å². The average molecular weight is 579 g/mol. The highest BCUT2D eigenvalue weighted by Crippen LogP contribution is 2.46. The van der Waals surface area contributed by atoms with E-state index in [-0.39, 0.29) is 22.8 Å². The quantitative estimate of drug-likeness (QED) is 0.175. The van der Waals surface area contributed by atoms with Crippen molar-refractivity contribution in [3.05, 3.63) is 47.8 Å². The van der Waals surface area contributed by atoms with Gasteiger partial charge in [0.05, 0.1) is 23.7 Å². The molecule has 3 aromatic rings. The number of hydrogen-bond acceptors (Lipinski definition) is 7. The second kappa shape index (κ2) is 11.0. The summed E-state index contributed by atoms with van der Waals surface area (Å²) in [6.45, 7) is 7.83. The second-order valence-corrected chi connectivity index (χ2v) is 11.9. The molecule has 0 spiro atoms. The lowest BCUT2D eigenvalue weighted by molar-refractivity contribution is -0.274. The van der Waals surface area contributed by atoms with Crippen LogP contribution in [0, 0.1) is 17.2 Å². The Balaban J connectivity index is 1.76. The van der Waals surface area contributed by atoms with Crippen LogP contribution in [0.1, 0.15) is 69.8 Å². The van der Waals surface area contributed by atoms with Crippen molar-refractivity contribution in [3.8, 4) is 5.75 Å². The fourth-order valence-corrected chi connectivity index (χ4v) is 5.88. The molecular formula is C29H34F4N4O4.